The van der Waals surface area contributed by atoms with Crippen LogP contribution in [-0.2, 0) is 15.9 Å². The maximum absolute atomic E-state index is 5.72. The van der Waals surface area contributed by atoms with Crippen LogP contribution < -0.4 is 10.6 Å². The Morgan fingerprint density at radius 2 is 2.36 bits per heavy atom. The highest BCUT2D eigenvalue weighted by atomic mass is 16.5. The molecule has 0 saturated carbocycles. The van der Waals surface area contributed by atoms with Gasteiger partial charge in [0.1, 0.15) is 0 Å². The fourth-order valence-electron chi connectivity index (χ4n) is 2.78. The number of aliphatic imine (C=N–C) groups is 1. The topological polar surface area (TPSA) is 83.6 Å². The Morgan fingerprint density at radius 3 is 3.08 bits per heavy atom. The average Bonchev–Trinajstić information content (AvgIpc) is 3.26. The lowest BCUT2D eigenvalue weighted by Gasteiger charge is -2.12. The van der Waals surface area contributed by atoms with Gasteiger partial charge in [0, 0.05) is 44.5 Å². The largest absolute Gasteiger partial charge is 0.381 e. The van der Waals surface area contributed by atoms with Gasteiger partial charge in [0.25, 0.3) is 0 Å². The molecule has 1 aliphatic heterocycles. The Morgan fingerprint density at radius 1 is 1.44 bits per heavy atom. The summed E-state index contributed by atoms with van der Waals surface area (Å²) in [4.78, 5) is 4.63. The number of hydrogen-bond acceptors (Lipinski definition) is 4. The number of aromatic amines is 1. The summed E-state index contributed by atoms with van der Waals surface area (Å²) >= 11 is 0. The molecule has 1 aliphatic rings. The van der Waals surface area contributed by atoms with Crippen LogP contribution >= 0.6 is 0 Å². The molecular weight excluding hydrogens is 318 g/mol. The normalized spacial score (nSPS) is 17.8. The zero-order valence-corrected chi connectivity index (χ0v) is 15.6. The standard InChI is InChI=1S/C18H33N5O2/c1-3-19-18(20-8-4-6-17-12-22-23-15(17)2)21-9-5-10-24-13-16-7-11-25-14-16/h12,16H,3-11,13-14H2,1-2H3,(H,22,23)(H2,19,20,21). The maximum Gasteiger partial charge on any atom is 0.191 e. The summed E-state index contributed by atoms with van der Waals surface area (Å²) in [5.41, 5.74) is 2.43. The van der Waals surface area contributed by atoms with E-state index in [-0.39, 0.29) is 0 Å². The van der Waals surface area contributed by atoms with Crippen LogP contribution in [-0.4, -0.2) is 62.2 Å². The summed E-state index contributed by atoms with van der Waals surface area (Å²) in [6.07, 6.45) is 6.04. The number of nitrogens with zero attached hydrogens (tertiary/aromatic N) is 2. The van der Waals surface area contributed by atoms with E-state index >= 15 is 0 Å². The molecule has 0 radical (unpaired) electrons. The number of nitrogens with one attached hydrogen (secondary N) is 3. The second-order valence-electron chi connectivity index (χ2n) is 6.47. The zero-order valence-electron chi connectivity index (χ0n) is 15.6. The minimum absolute atomic E-state index is 0.589. The van der Waals surface area contributed by atoms with Gasteiger partial charge in [-0.3, -0.25) is 10.1 Å². The van der Waals surface area contributed by atoms with Gasteiger partial charge in [-0.2, -0.15) is 5.10 Å². The molecule has 142 valence electrons. The van der Waals surface area contributed by atoms with Crippen molar-refractivity contribution < 1.29 is 9.47 Å². The lowest BCUT2D eigenvalue weighted by molar-refractivity contribution is 0.0888. The molecule has 7 heteroatoms. The molecular formula is C18H33N5O2. The van der Waals surface area contributed by atoms with Crippen LogP contribution in [0.4, 0.5) is 0 Å². The van der Waals surface area contributed by atoms with E-state index in [1.807, 2.05) is 6.20 Å². The summed E-state index contributed by atoms with van der Waals surface area (Å²) in [5.74, 6) is 1.47. The molecule has 25 heavy (non-hydrogen) atoms. The first kappa shape index (κ1) is 19.7. The lowest BCUT2D eigenvalue weighted by Crippen LogP contribution is -2.38. The van der Waals surface area contributed by atoms with E-state index < -0.39 is 0 Å². The predicted octanol–water partition coefficient (Wildman–Crippen LogP) is 1.65. The number of ether oxygens (including phenoxy) is 2. The summed E-state index contributed by atoms with van der Waals surface area (Å²) in [6, 6.07) is 0. The summed E-state index contributed by atoms with van der Waals surface area (Å²) in [6.45, 7) is 10.0. The van der Waals surface area contributed by atoms with Gasteiger partial charge in [0.2, 0.25) is 0 Å². The number of rotatable bonds is 11. The number of hydrogen-bond donors (Lipinski definition) is 3. The first-order chi connectivity index (χ1) is 12.3. The molecule has 3 N–H and O–H groups in total. The Hall–Kier alpha value is -1.60. The molecule has 2 heterocycles. The van der Waals surface area contributed by atoms with E-state index in [2.05, 4.69) is 39.7 Å². The van der Waals surface area contributed by atoms with E-state index in [4.69, 9.17) is 9.47 Å². The fraction of sp³-hybridized carbons (Fsp3) is 0.778. The first-order valence-electron chi connectivity index (χ1n) is 9.46. The number of H-pyrrole nitrogens is 1. The van der Waals surface area contributed by atoms with Crippen molar-refractivity contribution in [2.75, 3.05) is 46.1 Å². The van der Waals surface area contributed by atoms with Crippen LogP contribution in [0.1, 0.15) is 37.4 Å². The fourth-order valence-corrected chi connectivity index (χ4v) is 2.78. The summed E-state index contributed by atoms with van der Waals surface area (Å²) in [7, 11) is 0. The molecule has 7 nitrogen and oxygen atoms in total. The summed E-state index contributed by atoms with van der Waals surface area (Å²) < 4.78 is 11.1. The van der Waals surface area contributed by atoms with Crippen LogP contribution in [0.2, 0.25) is 0 Å². The molecule has 1 atom stereocenters. The number of aryl methyl sites for hydroxylation is 2. The van der Waals surface area contributed by atoms with Crippen LogP contribution in [0.5, 0.6) is 0 Å². The third-order valence-corrected chi connectivity index (χ3v) is 4.29. The molecule has 1 aromatic rings. The average molecular weight is 351 g/mol. The molecule has 1 unspecified atom stereocenters. The van der Waals surface area contributed by atoms with Crippen LogP contribution in [0.15, 0.2) is 11.2 Å². The van der Waals surface area contributed by atoms with E-state index in [0.717, 1.165) is 83.4 Å². The predicted molar refractivity (Wildman–Crippen MR) is 100.0 cm³/mol. The van der Waals surface area contributed by atoms with E-state index in [1.165, 1.54) is 5.56 Å². The number of guanidine groups is 1. The van der Waals surface area contributed by atoms with Crippen molar-refractivity contribution in [2.45, 2.75) is 39.5 Å². The van der Waals surface area contributed by atoms with Crippen molar-refractivity contribution in [1.29, 1.82) is 0 Å². The van der Waals surface area contributed by atoms with Gasteiger partial charge in [-0.25, -0.2) is 0 Å². The van der Waals surface area contributed by atoms with Gasteiger partial charge in [0.05, 0.1) is 19.4 Å². The van der Waals surface area contributed by atoms with Crippen LogP contribution in [0.25, 0.3) is 0 Å². The van der Waals surface area contributed by atoms with Gasteiger partial charge in [-0.05, 0) is 45.1 Å². The third-order valence-electron chi connectivity index (χ3n) is 4.29. The van der Waals surface area contributed by atoms with Crippen molar-refractivity contribution in [3.63, 3.8) is 0 Å². The van der Waals surface area contributed by atoms with Gasteiger partial charge in [0.15, 0.2) is 5.96 Å². The molecule has 0 aromatic carbocycles. The minimum atomic E-state index is 0.589. The van der Waals surface area contributed by atoms with Crippen molar-refractivity contribution >= 4 is 5.96 Å². The highest BCUT2D eigenvalue weighted by Gasteiger charge is 2.15. The molecule has 0 amide bonds. The quantitative estimate of drug-likeness (QED) is 0.321. The first-order valence-corrected chi connectivity index (χ1v) is 9.46. The van der Waals surface area contributed by atoms with Gasteiger partial charge in [-0.15, -0.1) is 0 Å². The molecule has 1 saturated heterocycles. The van der Waals surface area contributed by atoms with Gasteiger partial charge in [-0.1, -0.05) is 0 Å². The Labute approximate surface area is 151 Å². The van der Waals surface area contributed by atoms with Crippen LogP contribution in [0.3, 0.4) is 0 Å². The van der Waals surface area contributed by atoms with Crippen LogP contribution in [0, 0.1) is 12.8 Å². The smallest absolute Gasteiger partial charge is 0.191 e. The second-order valence-corrected chi connectivity index (χ2v) is 6.47. The molecule has 0 bridgehead atoms. The molecule has 1 aromatic heterocycles. The zero-order chi connectivity index (χ0) is 17.7. The van der Waals surface area contributed by atoms with Crippen molar-refractivity contribution in [3.05, 3.63) is 17.5 Å². The van der Waals surface area contributed by atoms with Gasteiger partial charge >= 0.3 is 0 Å². The van der Waals surface area contributed by atoms with E-state index in [9.17, 15) is 0 Å². The maximum atomic E-state index is 5.72. The SMILES string of the molecule is CCNC(=NCCCc1cn[nH]c1C)NCCCOCC1CCOC1. The molecule has 1 fully saturated rings. The van der Waals surface area contributed by atoms with Crippen molar-refractivity contribution in [1.82, 2.24) is 20.8 Å². The minimum Gasteiger partial charge on any atom is -0.381 e. The van der Waals surface area contributed by atoms with Gasteiger partial charge < -0.3 is 20.1 Å². The molecule has 0 aliphatic carbocycles. The van der Waals surface area contributed by atoms with Crippen molar-refractivity contribution in [2.24, 2.45) is 10.9 Å². The van der Waals surface area contributed by atoms with E-state index in [1.54, 1.807) is 0 Å². The Balaban J connectivity index is 1.54. The number of aromatic nitrogens is 2. The molecule has 0 spiro atoms. The Kier molecular flexibility index (Phi) is 9.36. The third kappa shape index (κ3) is 7.88. The lowest BCUT2D eigenvalue weighted by atomic mass is 10.1. The van der Waals surface area contributed by atoms with Crippen molar-refractivity contribution in [3.8, 4) is 0 Å². The highest BCUT2D eigenvalue weighted by molar-refractivity contribution is 5.79. The summed E-state index contributed by atoms with van der Waals surface area (Å²) in [5, 5.41) is 13.7. The highest BCUT2D eigenvalue weighted by Crippen LogP contribution is 2.12. The monoisotopic (exact) mass is 351 g/mol. The molecule has 2 rings (SSSR count). The van der Waals surface area contributed by atoms with E-state index in [0.29, 0.717) is 5.92 Å². The Bertz CT molecular complexity index is 497. The second kappa shape index (κ2) is 11.9.